The standard InChI is InChI=1S/C15H12N6.2C2H6/c1-9-12(2-3-13(19-9)14-8-18-21-20-14)11-6-10-4-5-16-15(10)17-7-11;2*1-2/h2-8H,1H3,(H,16,17)(H,18,20,21);2*1-2H3. The van der Waals surface area contributed by atoms with Crippen molar-refractivity contribution in [3.05, 3.63) is 48.5 Å². The molecule has 0 bridgehead atoms. The SMILES string of the molecule is CC.CC.Cc1nc(-c2cn[nH]n2)ccc1-c1cnc2[nH]ccc2c1. The number of pyridine rings is 2. The lowest BCUT2D eigenvalue weighted by molar-refractivity contribution is 0.940. The van der Waals surface area contributed by atoms with Gasteiger partial charge in [-0.15, -0.1) is 0 Å². The Hall–Kier alpha value is -3.02. The molecule has 0 aliphatic rings. The van der Waals surface area contributed by atoms with Crippen LogP contribution in [-0.4, -0.2) is 30.4 Å². The van der Waals surface area contributed by atoms with Crippen LogP contribution in [0.5, 0.6) is 0 Å². The molecule has 0 unspecified atom stereocenters. The summed E-state index contributed by atoms with van der Waals surface area (Å²) in [5, 5.41) is 11.5. The van der Waals surface area contributed by atoms with Crippen LogP contribution < -0.4 is 0 Å². The molecule has 6 heteroatoms. The zero-order valence-corrected chi connectivity index (χ0v) is 15.3. The molecular weight excluding hydrogens is 312 g/mol. The molecule has 4 rings (SSSR count). The van der Waals surface area contributed by atoms with Crippen LogP contribution in [0, 0.1) is 6.92 Å². The third kappa shape index (κ3) is 3.91. The number of aromatic nitrogens is 6. The molecule has 0 aliphatic carbocycles. The van der Waals surface area contributed by atoms with Crippen molar-refractivity contribution in [3.8, 4) is 22.5 Å². The Labute approximate surface area is 147 Å². The Morgan fingerprint density at radius 2 is 1.72 bits per heavy atom. The first-order valence-electron chi connectivity index (χ1n) is 8.58. The van der Waals surface area contributed by atoms with Gasteiger partial charge in [-0.1, -0.05) is 33.8 Å². The average Bonchev–Trinajstić information content (AvgIpc) is 3.36. The van der Waals surface area contributed by atoms with Gasteiger partial charge in [-0.2, -0.15) is 15.4 Å². The maximum Gasteiger partial charge on any atom is 0.137 e. The van der Waals surface area contributed by atoms with Crippen molar-refractivity contribution >= 4 is 11.0 Å². The Morgan fingerprint density at radius 3 is 2.40 bits per heavy atom. The smallest absolute Gasteiger partial charge is 0.137 e. The minimum atomic E-state index is 0.740. The van der Waals surface area contributed by atoms with Crippen molar-refractivity contribution < 1.29 is 0 Å². The number of H-pyrrole nitrogens is 2. The van der Waals surface area contributed by atoms with E-state index in [4.69, 9.17) is 0 Å². The summed E-state index contributed by atoms with van der Waals surface area (Å²) in [5.74, 6) is 0. The molecule has 0 aromatic carbocycles. The largest absolute Gasteiger partial charge is 0.346 e. The number of hydrogen-bond acceptors (Lipinski definition) is 4. The Kier molecular flexibility index (Phi) is 6.39. The summed E-state index contributed by atoms with van der Waals surface area (Å²) in [6, 6.07) is 8.11. The normalized spacial score (nSPS) is 9.80. The molecule has 25 heavy (non-hydrogen) atoms. The first-order chi connectivity index (χ1) is 12.3. The predicted octanol–water partition coefficient (Wildman–Crippen LogP) is 4.77. The van der Waals surface area contributed by atoms with E-state index in [0.29, 0.717) is 0 Å². The van der Waals surface area contributed by atoms with Crippen LogP contribution in [0.4, 0.5) is 0 Å². The number of rotatable bonds is 2. The van der Waals surface area contributed by atoms with Gasteiger partial charge in [0.1, 0.15) is 11.3 Å². The van der Waals surface area contributed by atoms with Crippen molar-refractivity contribution in [1.29, 1.82) is 0 Å². The zero-order chi connectivity index (χ0) is 18.2. The molecule has 0 saturated carbocycles. The van der Waals surface area contributed by atoms with E-state index in [1.165, 1.54) is 0 Å². The topological polar surface area (TPSA) is 83.1 Å². The van der Waals surface area contributed by atoms with Crippen LogP contribution in [0.3, 0.4) is 0 Å². The summed E-state index contributed by atoms with van der Waals surface area (Å²) in [6.45, 7) is 9.99. The van der Waals surface area contributed by atoms with Crippen LogP contribution >= 0.6 is 0 Å². The van der Waals surface area contributed by atoms with Gasteiger partial charge in [-0.25, -0.2) is 4.98 Å². The van der Waals surface area contributed by atoms with Crippen LogP contribution in [0.25, 0.3) is 33.5 Å². The number of fused-ring (bicyclic) bond motifs is 1. The van der Waals surface area contributed by atoms with Crippen LogP contribution in [0.2, 0.25) is 0 Å². The van der Waals surface area contributed by atoms with Gasteiger partial charge in [0.15, 0.2) is 0 Å². The highest BCUT2D eigenvalue weighted by atomic mass is 15.3. The van der Waals surface area contributed by atoms with Crippen molar-refractivity contribution in [3.63, 3.8) is 0 Å². The predicted molar refractivity (Wildman–Crippen MR) is 102 cm³/mol. The molecule has 4 aromatic heterocycles. The second kappa shape index (κ2) is 8.73. The van der Waals surface area contributed by atoms with Gasteiger partial charge < -0.3 is 4.98 Å². The third-order valence-electron chi connectivity index (χ3n) is 3.47. The Bertz CT molecular complexity index is 909. The molecule has 2 N–H and O–H groups in total. The maximum atomic E-state index is 4.60. The summed E-state index contributed by atoms with van der Waals surface area (Å²) in [7, 11) is 0. The number of hydrogen-bond donors (Lipinski definition) is 2. The van der Waals surface area contributed by atoms with Crippen LogP contribution in [-0.2, 0) is 0 Å². The highest BCUT2D eigenvalue weighted by Crippen LogP contribution is 2.26. The van der Waals surface area contributed by atoms with E-state index in [2.05, 4.69) is 36.4 Å². The van der Waals surface area contributed by atoms with Gasteiger partial charge in [-0.05, 0) is 25.1 Å². The van der Waals surface area contributed by atoms with E-state index in [1.54, 1.807) is 6.20 Å². The molecule has 0 atom stereocenters. The number of nitrogens with one attached hydrogen (secondary N) is 2. The van der Waals surface area contributed by atoms with E-state index in [-0.39, 0.29) is 0 Å². The second-order valence-corrected chi connectivity index (χ2v) is 4.82. The monoisotopic (exact) mass is 336 g/mol. The van der Waals surface area contributed by atoms with Gasteiger partial charge in [-0.3, -0.25) is 4.98 Å². The fraction of sp³-hybridized carbons (Fsp3) is 0.263. The van der Waals surface area contributed by atoms with Crippen molar-refractivity contribution in [2.24, 2.45) is 0 Å². The van der Waals surface area contributed by atoms with E-state index < -0.39 is 0 Å². The lowest BCUT2D eigenvalue weighted by atomic mass is 10.0. The molecule has 0 spiro atoms. The summed E-state index contributed by atoms with van der Waals surface area (Å²) in [6.07, 6.45) is 5.41. The minimum Gasteiger partial charge on any atom is -0.346 e. The first kappa shape index (κ1) is 18.3. The highest BCUT2D eigenvalue weighted by molar-refractivity contribution is 5.82. The third-order valence-corrected chi connectivity index (χ3v) is 3.47. The molecule has 6 nitrogen and oxygen atoms in total. The minimum absolute atomic E-state index is 0.740. The van der Waals surface area contributed by atoms with Crippen molar-refractivity contribution in [2.45, 2.75) is 34.6 Å². The van der Waals surface area contributed by atoms with Gasteiger partial charge in [0.05, 0.1) is 11.9 Å². The van der Waals surface area contributed by atoms with Crippen molar-refractivity contribution in [2.75, 3.05) is 0 Å². The number of aromatic amines is 2. The highest BCUT2D eigenvalue weighted by Gasteiger charge is 2.09. The zero-order valence-electron chi connectivity index (χ0n) is 15.3. The molecule has 0 saturated heterocycles. The van der Waals surface area contributed by atoms with E-state index in [0.717, 1.165) is 39.2 Å². The Morgan fingerprint density at radius 1 is 0.920 bits per heavy atom. The lowest BCUT2D eigenvalue weighted by Crippen LogP contribution is -1.92. The maximum absolute atomic E-state index is 4.60. The van der Waals surface area contributed by atoms with Gasteiger partial charge in [0.2, 0.25) is 0 Å². The molecule has 0 amide bonds. The van der Waals surface area contributed by atoms with Gasteiger partial charge in [0.25, 0.3) is 0 Å². The lowest BCUT2D eigenvalue weighted by Gasteiger charge is -2.06. The van der Waals surface area contributed by atoms with Crippen LogP contribution in [0.15, 0.2) is 42.9 Å². The van der Waals surface area contributed by atoms with E-state index in [9.17, 15) is 0 Å². The molecule has 130 valence electrons. The van der Waals surface area contributed by atoms with Gasteiger partial charge >= 0.3 is 0 Å². The summed E-state index contributed by atoms with van der Waals surface area (Å²) in [5.41, 5.74) is 5.50. The number of nitrogens with zero attached hydrogens (tertiary/aromatic N) is 4. The van der Waals surface area contributed by atoms with Crippen LogP contribution in [0.1, 0.15) is 33.4 Å². The molecule has 4 aromatic rings. The fourth-order valence-corrected chi connectivity index (χ4v) is 2.42. The summed E-state index contributed by atoms with van der Waals surface area (Å²) < 4.78 is 0. The fourth-order valence-electron chi connectivity index (χ4n) is 2.42. The molecule has 0 fully saturated rings. The molecule has 0 aliphatic heterocycles. The second-order valence-electron chi connectivity index (χ2n) is 4.82. The summed E-state index contributed by atoms with van der Waals surface area (Å²) in [4.78, 5) is 12.1. The first-order valence-corrected chi connectivity index (χ1v) is 8.58. The van der Waals surface area contributed by atoms with E-state index >= 15 is 0 Å². The molecule has 0 radical (unpaired) electrons. The molecule has 4 heterocycles. The summed E-state index contributed by atoms with van der Waals surface area (Å²) >= 11 is 0. The van der Waals surface area contributed by atoms with E-state index in [1.807, 2.05) is 65.2 Å². The Balaban J connectivity index is 0.000000528. The van der Waals surface area contributed by atoms with Crippen molar-refractivity contribution in [1.82, 2.24) is 30.4 Å². The quantitative estimate of drug-likeness (QED) is 0.552. The molecular formula is C19H24N6. The average molecular weight is 336 g/mol. The number of aryl methyl sites for hydroxylation is 1. The van der Waals surface area contributed by atoms with Gasteiger partial charge in [0, 0.05) is 34.6 Å².